The summed E-state index contributed by atoms with van der Waals surface area (Å²) >= 11 is 0. The number of halogens is 1. The maximum atomic E-state index is 14.7. The fourth-order valence-corrected chi connectivity index (χ4v) is 11.7. The Morgan fingerprint density at radius 1 is 0.588 bits per heavy atom. The van der Waals surface area contributed by atoms with Crippen molar-refractivity contribution in [1.82, 2.24) is 29.8 Å². The standard InChI is InChI=1S/C34H38FN3O3.C31H37N5O3/c1-4-5-18-37-29(20-24-12-8-6-9-13-24)31-32(41-34(2,3)40-31)30(21-25-14-10-7-11-15-25)38(33(37)39)23-26-16-17-28(35)27(19-26)22-36;1-2-3-16-35-26(18-21-10-6-4-7-11-21)28(37)29(38)27(19-22-12-8-5-9-13-22)36(31(35)39)20-23-14-15-25-24(17-23)30(32)34-33-25/h6-17,19,29-32H,4-5,18,20-21,23H2,1-3H3;4-15,17,26-29,37-38H,2-3,16,18-20H2,1H3,(H3,32,33,34)/t29-,30-,31+,32+;26-,27-,28+,29+/m11/s1. The summed E-state index contributed by atoms with van der Waals surface area (Å²) < 4.78 is 27.6. The number of ether oxygens (including phenoxy) is 2. The molecule has 0 saturated carbocycles. The molecule has 3 saturated heterocycles. The van der Waals surface area contributed by atoms with Gasteiger partial charge in [-0.05, 0) is 110 Å². The first kappa shape index (κ1) is 57.1. The Balaban J connectivity index is 0.000000194. The molecule has 6 aromatic carbocycles. The van der Waals surface area contributed by atoms with Gasteiger partial charge in [0.1, 0.15) is 36.3 Å². The molecule has 3 aliphatic rings. The average Bonchev–Trinajstić information content (AvgIpc) is 4.05. The van der Waals surface area contributed by atoms with Gasteiger partial charge in [0.15, 0.2) is 11.6 Å². The van der Waals surface area contributed by atoms with Crippen LogP contribution in [0.15, 0.2) is 158 Å². The molecule has 0 spiro atoms. The van der Waals surface area contributed by atoms with E-state index >= 15 is 0 Å². The van der Waals surface area contributed by atoms with E-state index in [9.17, 15) is 29.5 Å². The molecule has 7 aromatic rings. The van der Waals surface area contributed by atoms with Gasteiger partial charge >= 0.3 is 12.1 Å². The van der Waals surface area contributed by atoms with Crippen molar-refractivity contribution in [3.8, 4) is 6.07 Å². The summed E-state index contributed by atoms with van der Waals surface area (Å²) in [7, 11) is 0. The fraction of sp³-hybridized carbons (Fsp3) is 0.385. The lowest BCUT2D eigenvalue weighted by Crippen LogP contribution is -2.52. The highest BCUT2D eigenvalue weighted by atomic mass is 19.1. The van der Waals surface area contributed by atoms with Crippen LogP contribution in [0.4, 0.5) is 19.8 Å². The molecule has 8 atom stereocenters. The normalized spacial score (nSPS) is 22.8. The molecule has 3 fully saturated rings. The van der Waals surface area contributed by atoms with Crippen molar-refractivity contribution < 1.29 is 33.7 Å². The van der Waals surface area contributed by atoms with Crippen molar-refractivity contribution in [2.45, 2.75) is 147 Å². The number of aliphatic hydroxyl groups excluding tert-OH is 2. The lowest BCUT2D eigenvalue weighted by Gasteiger charge is -2.37. The zero-order valence-corrected chi connectivity index (χ0v) is 46.3. The molecular weight excluding hydrogens is 1010 g/mol. The maximum absolute atomic E-state index is 14.7. The Bertz CT molecular complexity index is 3180. The molecule has 1 aromatic heterocycles. The van der Waals surface area contributed by atoms with E-state index in [0.29, 0.717) is 50.2 Å². The second kappa shape index (κ2) is 26.1. The minimum Gasteiger partial charge on any atom is -0.388 e. The van der Waals surface area contributed by atoms with Gasteiger partial charge in [0.25, 0.3) is 0 Å². The zero-order chi connectivity index (χ0) is 56.3. The van der Waals surface area contributed by atoms with Gasteiger partial charge in [-0.25, -0.2) is 14.0 Å². The number of nitrogens with one attached hydrogen (secondary N) is 1. The van der Waals surface area contributed by atoms with Gasteiger partial charge in [-0.1, -0.05) is 160 Å². The van der Waals surface area contributed by atoms with Crippen LogP contribution in [0.3, 0.4) is 0 Å². The van der Waals surface area contributed by atoms with Gasteiger partial charge in [-0.15, -0.1) is 0 Å². The van der Waals surface area contributed by atoms with Gasteiger partial charge < -0.3 is 45.0 Å². The van der Waals surface area contributed by atoms with Gasteiger partial charge in [0.2, 0.25) is 0 Å². The number of unbranched alkanes of at least 4 members (excludes halogenated alkanes) is 2. The van der Waals surface area contributed by atoms with Crippen molar-refractivity contribution in [2.24, 2.45) is 0 Å². The van der Waals surface area contributed by atoms with E-state index in [1.165, 1.54) is 6.07 Å². The number of nitriles is 1. The molecule has 3 aliphatic heterocycles. The molecule has 0 radical (unpaired) electrons. The highest BCUT2D eigenvalue weighted by Crippen LogP contribution is 2.40. The lowest BCUT2D eigenvalue weighted by molar-refractivity contribution is -0.157. The largest absolute Gasteiger partial charge is 0.388 e. The first-order valence-electron chi connectivity index (χ1n) is 28.2. The van der Waals surface area contributed by atoms with E-state index in [1.807, 2.05) is 145 Å². The third-order valence-electron chi connectivity index (χ3n) is 15.8. The number of urea groups is 2. The Hall–Kier alpha value is -7.61. The average molecular weight is 1080 g/mol. The predicted octanol–water partition coefficient (Wildman–Crippen LogP) is 10.6. The van der Waals surface area contributed by atoms with E-state index in [0.717, 1.165) is 64.4 Å². The molecule has 418 valence electrons. The fourth-order valence-electron chi connectivity index (χ4n) is 11.7. The Morgan fingerprint density at radius 2 is 0.988 bits per heavy atom. The van der Waals surface area contributed by atoms with E-state index < -0.39 is 42.0 Å². The summed E-state index contributed by atoms with van der Waals surface area (Å²) in [6.45, 7) is 9.64. The molecule has 80 heavy (non-hydrogen) atoms. The van der Waals surface area contributed by atoms with Gasteiger partial charge in [0, 0.05) is 31.6 Å². The van der Waals surface area contributed by atoms with Crippen LogP contribution in [-0.2, 0) is 48.2 Å². The van der Waals surface area contributed by atoms with Crippen LogP contribution in [-0.4, -0.2) is 120 Å². The Kier molecular flexibility index (Phi) is 18.6. The number of anilines is 1. The summed E-state index contributed by atoms with van der Waals surface area (Å²) in [5.74, 6) is -0.995. The smallest absolute Gasteiger partial charge is 0.321 e. The summed E-state index contributed by atoms with van der Waals surface area (Å²) in [5.41, 5.74) is 12.6. The quantitative estimate of drug-likeness (QED) is 0.0649. The molecule has 14 nitrogen and oxygen atoms in total. The van der Waals surface area contributed by atoms with Crippen LogP contribution in [0.25, 0.3) is 10.9 Å². The molecule has 5 N–H and O–H groups in total. The maximum Gasteiger partial charge on any atom is 0.321 e. The summed E-state index contributed by atoms with van der Waals surface area (Å²) in [5, 5.41) is 40.6. The number of fused-ring (bicyclic) bond motifs is 2. The van der Waals surface area contributed by atoms with Crippen LogP contribution >= 0.6 is 0 Å². The number of hydrogen-bond donors (Lipinski definition) is 4. The van der Waals surface area contributed by atoms with Crippen molar-refractivity contribution in [2.75, 3.05) is 18.8 Å². The highest BCUT2D eigenvalue weighted by molar-refractivity contribution is 5.89. The molecule has 15 heteroatoms. The molecule has 0 bridgehead atoms. The third kappa shape index (κ3) is 13.3. The van der Waals surface area contributed by atoms with Crippen LogP contribution in [0.1, 0.15) is 92.3 Å². The number of carbonyl (C=O) groups excluding carboxylic acids is 2. The van der Waals surface area contributed by atoms with Gasteiger partial charge in [-0.2, -0.15) is 10.4 Å². The molecule has 0 unspecified atom stereocenters. The summed E-state index contributed by atoms with van der Waals surface area (Å²) in [4.78, 5) is 36.4. The van der Waals surface area contributed by atoms with E-state index in [-0.39, 0.29) is 48.9 Å². The lowest BCUT2D eigenvalue weighted by atomic mass is 9.91. The molecule has 10 rings (SSSR count). The number of benzene rings is 6. The minimum atomic E-state index is -1.14. The van der Waals surface area contributed by atoms with E-state index in [4.69, 9.17) is 15.2 Å². The Labute approximate surface area is 469 Å². The highest BCUT2D eigenvalue weighted by Gasteiger charge is 2.55. The number of H-pyrrole nitrogens is 1. The first-order valence-corrected chi connectivity index (χ1v) is 28.2. The number of hydrogen-bond acceptors (Lipinski definition) is 9. The summed E-state index contributed by atoms with van der Waals surface area (Å²) in [6.07, 6.45) is 2.57. The number of nitrogens with two attached hydrogens (primary N) is 1. The number of carbonyl (C=O) groups is 2. The third-order valence-corrected chi connectivity index (χ3v) is 15.8. The van der Waals surface area contributed by atoms with Crippen LogP contribution < -0.4 is 5.73 Å². The number of aromatic nitrogens is 2. The topological polar surface area (TPSA) is 185 Å². The number of aliphatic hydroxyl groups is 2. The first-order chi connectivity index (χ1) is 38.7. The predicted molar refractivity (Wildman–Crippen MR) is 308 cm³/mol. The van der Waals surface area contributed by atoms with Crippen molar-refractivity contribution in [3.05, 3.63) is 202 Å². The van der Waals surface area contributed by atoms with E-state index in [1.54, 1.807) is 21.9 Å². The second-order valence-electron chi connectivity index (χ2n) is 21.9. The second-order valence-corrected chi connectivity index (χ2v) is 21.9. The Morgan fingerprint density at radius 3 is 1.45 bits per heavy atom. The summed E-state index contributed by atoms with van der Waals surface area (Å²) in [6, 6.07) is 50.1. The van der Waals surface area contributed by atoms with Crippen LogP contribution in [0.5, 0.6) is 0 Å². The molecule has 4 heterocycles. The van der Waals surface area contributed by atoms with Crippen molar-refractivity contribution in [3.63, 3.8) is 0 Å². The van der Waals surface area contributed by atoms with Gasteiger partial charge in [0.05, 0.1) is 35.2 Å². The SMILES string of the molecule is CCCCN1C(=O)N(Cc2ccc(F)c(C#N)c2)[C@H](Cc2ccccc2)[C@@H]2OC(C)(C)O[C@H]2[C@H]1Cc1ccccc1.CCCCN1C(=O)N(Cc2ccc3[nH]nc(N)c3c2)[C@H](Cc2ccccc2)[C@H](O)[C@@H](O)[C@H]1Cc1ccccc1. The number of amides is 4. The molecule has 4 amide bonds. The minimum absolute atomic E-state index is 0.0337. The van der Waals surface area contributed by atoms with Crippen LogP contribution in [0, 0.1) is 17.1 Å². The number of aromatic amines is 1. The van der Waals surface area contributed by atoms with Gasteiger partial charge in [-0.3, -0.25) is 5.10 Å². The van der Waals surface area contributed by atoms with Crippen molar-refractivity contribution in [1.29, 1.82) is 5.26 Å². The van der Waals surface area contributed by atoms with Crippen molar-refractivity contribution >= 4 is 28.8 Å². The molecular formula is C65H75FN8O6. The van der Waals surface area contributed by atoms with Crippen LogP contribution in [0.2, 0.25) is 0 Å². The molecule has 0 aliphatic carbocycles. The zero-order valence-electron chi connectivity index (χ0n) is 46.3. The monoisotopic (exact) mass is 1080 g/mol. The number of nitrogen functional groups attached to an aromatic ring is 1. The van der Waals surface area contributed by atoms with E-state index in [2.05, 4.69) is 48.3 Å². The number of nitrogens with zero attached hydrogens (tertiary/aromatic N) is 6. The number of rotatable bonds is 18.